The number of carbonyl (C=O) groups is 1. The molecule has 3 aromatic rings. The molecule has 178 valence electrons. The second-order valence-electron chi connectivity index (χ2n) is 8.52. The smallest absolute Gasteiger partial charge is 0.308 e. The Morgan fingerprint density at radius 3 is 2.65 bits per heavy atom. The van der Waals surface area contributed by atoms with E-state index in [0.29, 0.717) is 45.6 Å². The number of amides is 1. The summed E-state index contributed by atoms with van der Waals surface area (Å²) in [5.74, 6) is -0.303. The quantitative estimate of drug-likeness (QED) is 0.511. The summed E-state index contributed by atoms with van der Waals surface area (Å²) in [5, 5.41) is 12.4. The fraction of sp³-hybridized carbons (Fsp3) is 0.400. The van der Waals surface area contributed by atoms with E-state index in [1.54, 1.807) is 11.7 Å². The molecule has 8 nitrogen and oxygen atoms in total. The number of hydrogen-bond donors (Lipinski definition) is 2. The Morgan fingerprint density at radius 2 is 1.97 bits per heavy atom. The van der Waals surface area contributed by atoms with Crippen molar-refractivity contribution in [2.24, 2.45) is 5.73 Å². The van der Waals surface area contributed by atoms with E-state index in [1.165, 1.54) is 11.3 Å². The molecule has 34 heavy (non-hydrogen) atoms. The number of carbonyl (C=O) groups excluding carboxylic acids is 1. The average molecular weight is 481 g/mol. The molecule has 1 saturated heterocycles. The summed E-state index contributed by atoms with van der Waals surface area (Å²) in [5.41, 5.74) is 9.08. The normalized spacial score (nSPS) is 16.1. The molecule has 9 heteroatoms. The van der Waals surface area contributed by atoms with Crippen LogP contribution in [0, 0.1) is 11.3 Å². The Hall–Kier alpha value is -3.03. The Morgan fingerprint density at radius 1 is 1.26 bits per heavy atom. The molecule has 1 atom stereocenters. The standard InChI is InChI=1S/C25H28N4O4S/c1-32-13-10-29-21-15-19(6-7-22(21)34-24(29)31)18-4-2-17(3-5-18)14-20(16-26)28-23(30)25(27)8-11-33-12-9-25/h2-7,15,20H,8-14,27H2,1H3,(H,28,30). The molecule has 1 aliphatic rings. The van der Waals surface area contributed by atoms with Crippen molar-refractivity contribution in [2.75, 3.05) is 26.9 Å². The summed E-state index contributed by atoms with van der Waals surface area (Å²) in [4.78, 5) is 25.0. The van der Waals surface area contributed by atoms with Crippen LogP contribution >= 0.6 is 11.3 Å². The maximum absolute atomic E-state index is 12.6. The molecule has 1 aromatic heterocycles. The maximum Gasteiger partial charge on any atom is 0.308 e. The number of rotatable bonds is 8. The molecule has 0 aliphatic carbocycles. The van der Waals surface area contributed by atoms with E-state index in [0.717, 1.165) is 26.9 Å². The highest BCUT2D eigenvalue weighted by molar-refractivity contribution is 7.16. The van der Waals surface area contributed by atoms with Crippen LogP contribution in [0.4, 0.5) is 0 Å². The van der Waals surface area contributed by atoms with Gasteiger partial charge in [0.15, 0.2) is 0 Å². The highest BCUT2D eigenvalue weighted by Crippen LogP contribution is 2.26. The molecule has 0 radical (unpaired) electrons. The summed E-state index contributed by atoms with van der Waals surface area (Å²) in [7, 11) is 1.62. The van der Waals surface area contributed by atoms with Crippen LogP contribution in [0.5, 0.6) is 0 Å². The number of ether oxygens (including phenoxy) is 2. The van der Waals surface area contributed by atoms with Crippen molar-refractivity contribution in [3.63, 3.8) is 0 Å². The SMILES string of the molecule is COCCn1c(=O)sc2ccc(-c3ccc(CC(C#N)NC(=O)C4(N)CCOCC4)cc3)cc21. The van der Waals surface area contributed by atoms with Gasteiger partial charge in [0.1, 0.15) is 6.04 Å². The second-order valence-corrected chi connectivity index (χ2v) is 9.51. The molecular formula is C25H28N4O4S. The predicted octanol–water partition coefficient (Wildman–Crippen LogP) is 2.44. The van der Waals surface area contributed by atoms with Crippen LogP contribution in [0.2, 0.25) is 0 Å². The molecular weight excluding hydrogens is 452 g/mol. The lowest BCUT2D eigenvalue weighted by Gasteiger charge is -2.32. The Balaban J connectivity index is 1.47. The summed E-state index contributed by atoms with van der Waals surface area (Å²) in [6, 6.07) is 15.4. The number of aromatic nitrogens is 1. The van der Waals surface area contributed by atoms with Crippen LogP contribution in [0.25, 0.3) is 21.3 Å². The molecule has 4 rings (SSSR count). The number of nitriles is 1. The number of thiazole rings is 1. The van der Waals surface area contributed by atoms with Crippen molar-refractivity contribution in [3.8, 4) is 17.2 Å². The number of hydrogen-bond acceptors (Lipinski definition) is 7. The first kappa shape index (κ1) is 24.1. The third-order valence-corrected chi connectivity index (χ3v) is 7.17. The highest BCUT2D eigenvalue weighted by atomic mass is 32.1. The van der Waals surface area contributed by atoms with Crippen molar-refractivity contribution in [1.82, 2.24) is 9.88 Å². The second kappa shape index (κ2) is 10.5. The van der Waals surface area contributed by atoms with Gasteiger partial charge in [-0.3, -0.25) is 14.2 Å². The van der Waals surface area contributed by atoms with Gasteiger partial charge in [0, 0.05) is 26.7 Å². The molecule has 1 unspecified atom stereocenters. The van der Waals surface area contributed by atoms with Crippen molar-refractivity contribution in [2.45, 2.75) is 37.4 Å². The Labute approximate surface area is 201 Å². The summed E-state index contributed by atoms with van der Waals surface area (Å²) < 4.78 is 13.1. The molecule has 1 amide bonds. The van der Waals surface area contributed by atoms with E-state index in [4.69, 9.17) is 15.2 Å². The molecule has 1 aliphatic heterocycles. The van der Waals surface area contributed by atoms with Gasteiger partial charge >= 0.3 is 4.87 Å². The highest BCUT2D eigenvalue weighted by Gasteiger charge is 2.36. The number of methoxy groups -OCH3 is 1. The minimum atomic E-state index is -0.985. The van der Waals surface area contributed by atoms with Crippen LogP contribution in [0.15, 0.2) is 47.3 Å². The number of benzene rings is 2. The van der Waals surface area contributed by atoms with Crippen LogP contribution in [0.3, 0.4) is 0 Å². The molecule has 0 spiro atoms. The van der Waals surface area contributed by atoms with E-state index in [-0.39, 0.29) is 10.8 Å². The van der Waals surface area contributed by atoms with E-state index in [1.807, 2.05) is 42.5 Å². The fourth-order valence-corrected chi connectivity index (χ4v) is 5.00. The molecule has 2 heterocycles. The lowest BCUT2D eigenvalue weighted by atomic mass is 9.90. The van der Waals surface area contributed by atoms with Gasteiger partial charge in [-0.15, -0.1) is 0 Å². The van der Waals surface area contributed by atoms with E-state index in [2.05, 4.69) is 11.4 Å². The van der Waals surface area contributed by atoms with Crippen LogP contribution < -0.4 is 15.9 Å². The first-order chi connectivity index (χ1) is 16.4. The van der Waals surface area contributed by atoms with E-state index < -0.39 is 11.6 Å². The van der Waals surface area contributed by atoms with Crippen molar-refractivity contribution in [3.05, 3.63) is 57.7 Å². The zero-order valence-corrected chi connectivity index (χ0v) is 19.9. The average Bonchev–Trinajstić information content (AvgIpc) is 3.17. The Bertz CT molecular complexity index is 1250. The van der Waals surface area contributed by atoms with Gasteiger partial charge in [-0.1, -0.05) is 41.7 Å². The first-order valence-electron chi connectivity index (χ1n) is 11.2. The van der Waals surface area contributed by atoms with Gasteiger partial charge in [-0.25, -0.2) is 0 Å². The first-order valence-corrected chi connectivity index (χ1v) is 12.0. The van der Waals surface area contributed by atoms with Crippen molar-refractivity contribution >= 4 is 27.5 Å². The van der Waals surface area contributed by atoms with Gasteiger partial charge in [-0.05, 0) is 41.7 Å². The minimum absolute atomic E-state index is 0.00384. The van der Waals surface area contributed by atoms with Crippen molar-refractivity contribution < 1.29 is 14.3 Å². The monoisotopic (exact) mass is 480 g/mol. The number of nitrogens with zero attached hydrogens (tertiary/aromatic N) is 2. The lowest BCUT2D eigenvalue weighted by molar-refractivity contribution is -0.130. The van der Waals surface area contributed by atoms with Gasteiger partial charge in [0.2, 0.25) is 5.91 Å². The molecule has 0 bridgehead atoms. The molecule has 0 saturated carbocycles. The van der Waals surface area contributed by atoms with E-state index in [9.17, 15) is 14.9 Å². The largest absolute Gasteiger partial charge is 0.383 e. The maximum atomic E-state index is 12.6. The zero-order valence-electron chi connectivity index (χ0n) is 19.1. The van der Waals surface area contributed by atoms with Gasteiger partial charge in [-0.2, -0.15) is 5.26 Å². The molecule has 2 aromatic carbocycles. The number of nitrogens with one attached hydrogen (secondary N) is 1. The number of fused-ring (bicyclic) bond motifs is 1. The third-order valence-electron chi connectivity index (χ3n) is 6.21. The summed E-state index contributed by atoms with van der Waals surface area (Å²) in [6.07, 6.45) is 1.27. The van der Waals surface area contributed by atoms with E-state index >= 15 is 0 Å². The fourth-order valence-electron chi connectivity index (χ4n) is 4.10. The lowest BCUT2D eigenvalue weighted by Crippen LogP contribution is -2.58. The number of nitrogens with two attached hydrogens (primary N) is 1. The third kappa shape index (κ3) is 5.21. The predicted molar refractivity (Wildman–Crippen MR) is 132 cm³/mol. The zero-order chi connectivity index (χ0) is 24.1. The molecule has 1 fully saturated rings. The minimum Gasteiger partial charge on any atom is -0.383 e. The van der Waals surface area contributed by atoms with Crippen LogP contribution in [-0.4, -0.2) is 49.0 Å². The summed E-state index contributed by atoms with van der Waals surface area (Å²) >= 11 is 1.23. The van der Waals surface area contributed by atoms with Crippen molar-refractivity contribution in [1.29, 1.82) is 5.26 Å². The van der Waals surface area contributed by atoms with Crippen LogP contribution in [0.1, 0.15) is 18.4 Å². The summed E-state index contributed by atoms with van der Waals surface area (Å²) in [6.45, 7) is 1.88. The van der Waals surface area contributed by atoms with Gasteiger partial charge in [0.05, 0.1) is 35.0 Å². The van der Waals surface area contributed by atoms with Gasteiger partial charge in [0.25, 0.3) is 0 Å². The van der Waals surface area contributed by atoms with Gasteiger partial charge < -0.3 is 20.5 Å². The van der Waals surface area contributed by atoms with Crippen LogP contribution in [-0.2, 0) is 27.2 Å². The molecule has 3 N–H and O–H groups in total. The Kier molecular flexibility index (Phi) is 7.44. The topological polar surface area (TPSA) is 119 Å².